The molecule has 0 aromatic carbocycles. The fourth-order valence-electron chi connectivity index (χ4n) is 1.79. The number of hydrogen-bond donors (Lipinski definition) is 0. The first kappa shape index (κ1) is 13.5. The van der Waals surface area contributed by atoms with Crippen LogP contribution in [0.25, 0.3) is 5.82 Å². The Kier molecular flexibility index (Phi) is 3.82. The van der Waals surface area contributed by atoms with Crippen molar-refractivity contribution in [3.63, 3.8) is 0 Å². The number of rotatable bonds is 1. The molecule has 0 fully saturated rings. The molecule has 4 nitrogen and oxygen atoms in total. The second-order valence-corrected chi connectivity index (χ2v) is 3.96. The minimum Gasteiger partial charge on any atom is -0.418 e. The molecule has 102 valence electrons. The average Bonchev–Trinajstić information content (AvgIpc) is 2.87. The molecular formula is C10H11BF4N4. The minimum atomic E-state index is -6.00. The van der Waals surface area contributed by atoms with E-state index in [1.54, 1.807) is 6.20 Å². The number of nitrogens with zero attached hydrogens (tertiary/aromatic N) is 4. The maximum absolute atomic E-state index is 9.75. The summed E-state index contributed by atoms with van der Waals surface area (Å²) in [6.07, 6.45) is 6.10. The molecule has 0 amide bonds. The Balaban J connectivity index is 0.000000232. The van der Waals surface area contributed by atoms with Crippen molar-refractivity contribution in [1.29, 1.82) is 0 Å². The topological polar surface area (TPSA) is 34.6 Å². The molecule has 0 aliphatic carbocycles. The molecule has 2 aromatic heterocycles. The van der Waals surface area contributed by atoms with Gasteiger partial charge in [-0.3, -0.25) is 0 Å². The third-order valence-electron chi connectivity index (χ3n) is 2.49. The molecule has 19 heavy (non-hydrogen) atoms. The van der Waals surface area contributed by atoms with Crippen molar-refractivity contribution in [3.8, 4) is 5.82 Å². The first-order chi connectivity index (χ1) is 8.93. The summed E-state index contributed by atoms with van der Waals surface area (Å²) in [6, 6.07) is 5.84. The largest absolute Gasteiger partial charge is 0.673 e. The summed E-state index contributed by atoms with van der Waals surface area (Å²) in [5.74, 6) is 2.05. The van der Waals surface area contributed by atoms with Crippen LogP contribution in [-0.4, -0.2) is 22.0 Å². The van der Waals surface area contributed by atoms with Gasteiger partial charge in [0.1, 0.15) is 0 Å². The maximum atomic E-state index is 9.75. The quantitative estimate of drug-likeness (QED) is 0.451. The van der Waals surface area contributed by atoms with E-state index in [0.29, 0.717) is 0 Å². The van der Waals surface area contributed by atoms with Gasteiger partial charge in [-0.05, 0) is 12.5 Å². The summed E-state index contributed by atoms with van der Waals surface area (Å²) >= 11 is 0. The molecule has 0 atom stereocenters. The van der Waals surface area contributed by atoms with Crippen LogP contribution in [0, 0.1) is 0 Å². The smallest absolute Gasteiger partial charge is 0.418 e. The standard InChI is InChI=1S/C10H11N4.BF4/c1-2-6-11-9(4-1)14-8-13-7-3-5-10(13)12-14;2-1(3,4)5/h1-2,4,6,8H,3,5,7H2;/q+1;-1. The third-order valence-corrected chi connectivity index (χ3v) is 2.49. The van der Waals surface area contributed by atoms with Crippen molar-refractivity contribution in [2.75, 3.05) is 0 Å². The normalized spacial score (nSPS) is 13.7. The maximum Gasteiger partial charge on any atom is 0.673 e. The molecule has 3 heterocycles. The summed E-state index contributed by atoms with van der Waals surface area (Å²) in [6.45, 7) is 1.09. The first-order valence-electron chi connectivity index (χ1n) is 5.70. The van der Waals surface area contributed by atoms with Crippen LogP contribution in [0.4, 0.5) is 17.3 Å². The lowest BCUT2D eigenvalue weighted by Crippen LogP contribution is -2.29. The molecule has 0 spiro atoms. The Hall–Kier alpha value is -1.93. The molecule has 0 N–H and O–H groups in total. The molecule has 0 saturated heterocycles. The van der Waals surface area contributed by atoms with E-state index in [9.17, 15) is 17.3 Å². The van der Waals surface area contributed by atoms with Gasteiger partial charge >= 0.3 is 7.25 Å². The monoisotopic (exact) mass is 274 g/mol. The fourth-order valence-corrected chi connectivity index (χ4v) is 1.79. The zero-order valence-electron chi connectivity index (χ0n) is 9.89. The number of fused-ring (bicyclic) bond motifs is 1. The lowest BCUT2D eigenvalue weighted by molar-refractivity contribution is -0.691. The van der Waals surface area contributed by atoms with Crippen LogP contribution in [0.1, 0.15) is 12.2 Å². The Labute approximate surface area is 106 Å². The average molecular weight is 274 g/mol. The molecule has 1 aliphatic rings. The highest BCUT2D eigenvalue weighted by Crippen LogP contribution is 2.07. The van der Waals surface area contributed by atoms with Crippen molar-refractivity contribution in [2.45, 2.75) is 19.4 Å². The van der Waals surface area contributed by atoms with E-state index in [0.717, 1.165) is 24.6 Å². The van der Waals surface area contributed by atoms with Gasteiger partial charge in [-0.15, -0.1) is 0 Å². The van der Waals surface area contributed by atoms with Gasteiger partial charge in [0.25, 0.3) is 5.82 Å². The van der Waals surface area contributed by atoms with Gasteiger partial charge in [-0.25, -0.2) is 9.55 Å². The number of hydrogen-bond acceptors (Lipinski definition) is 2. The van der Waals surface area contributed by atoms with E-state index < -0.39 is 7.25 Å². The Morgan fingerprint density at radius 3 is 2.53 bits per heavy atom. The van der Waals surface area contributed by atoms with E-state index in [4.69, 9.17) is 0 Å². The summed E-state index contributed by atoms with van der Waals surface area (Å²) in [5, 5.41) is 4.48. The molecule has 0 radical (unpaired) electrons. The molecule has 2 aromatic rings. The van der Waals surface area contributed by atoms with E-state index >= 15 is 0 Å². The Morgan fingerprint density at radius 1 is 1.21 bits per heavy atom. The predicted molar refractivity (Wildman–Crippen MR) is 60.1 cm³/mol. The molecule has 0 bridgehead atoms. The lowest BCUT2D eigenvalue weighted by Gasteiger charge is -1.94. The van der Waals surface area contributed by atoms with Crippen LogP contribution in [0.3, 0.4) is 0 Å². The second kappa shape index (κ2) is 5.37. The van der Waals surface area contributed by atoms with Gasteiger partial charge in [0, 0.05) is 23.8 Å². The summed E-state index contributed by atoms with van der Waals surface area (Å²) < 4.78 is 43.0. The lowest BCUT2D eigenvalue weighted by atomic mass is 10.3. The summed E-state index contributed by atoms with van der Waals surface area (Å²) in [7, 11) is -6.00. The van der Waals surface area contributed by atoms with E-state index in [2.05, 4.69) is 14.6 Å². The Bertz CT molecular complexity index is 513. The van der Waals surface area contributed by atoms with Crippen molar-refractivity contribution in [1.82, 2.24) is 14.8 Å². The molecule has 3 rings (SSSR count). The highest BCUT2D eigenvalue weighted by atomic mass is 19.5. The van der Waals surface area contributed by atoms with Gasteiger partial charge in [0.2, 0.25) is 12.1 Å². The molecule has 0 saturated carbocycles. The van der Waals surface area contributed by atoms with Gasteiger partial charge in [-0.1, -0.05) is 10.7 Å². The summed E-state index contributed by atoms with van der Waals surface area (Å²) in [4.78, 5) is 4.25. The highest BCUT2D eigenvalue weighted by Gasteiger charge is 2.23. The highest BCUT2D eigenvalue weighted by molar-refractivity contribution is 6.50. The first-order valence-corrected chi connectivity index (χ1v) is 5.70. The zero-order valence-corrected chi connectivity index (χ0v) is 9.89. The molecular weight excluding hydrogens is 263 g/mol. The van der Waals surface area contributed by atoms with E-state index in [1.807, 2.05) is 29.2 Å². The Morgan fingerprint density at radius 2 is 1.95 bits per heavy atom. The van der Waals surface area contributed by atoms with Crippen LogP contribution in [0.5, 0.6) is 0 Å². The zero-order chi connectivity index (χ0) is 13.9. The van der Waals surface area contributed by atoms with E-state index in [1.165, 1.54) is 6.42 Å². The molecule has 1 aliphatic heterocycles. The van der Waals surface area contributed by atoms with E-state index in [-0.39, 0.29) is 0 Å². The van der Waals surface area contributed by atoms with Crippen molar-refractivity contribution >= 4 is 7.25 Å². The van der Waals surface area contributed by atoms with Crippen molar-refractivity contribution < 1.29 is 21.8 Å². The minimum absolute atomic E-state index is 0.884. The van der Waals surface area contributed by atoms with Crippen molar-refractivity contribution in [3.05, 3.63) is 36.5 Å². The van der Waals surface area contributed by atoms with Crippen LogP contribution in [0.2, 0.25) is 0 Å². The van der Waals surface area contributed by atoms with Crippen LogP contribution in [0.15, 0.2) is 30.7 Å². The summed E-state index contributed by atoms with van der Waals surface area (Å²) in [5.41, 5.74) is 0. The van der Waals surface area contributed by atoms with Gasteiger partial charge < -0.3 is 17.3 Å². The number of aromatic nitrogens is 4. The van der Waals surface area contributed by atoms with Gasteiger partial charge in [0.05, 0.1) is 6.54 Å². The van der Waals surface area contributed by atoms with Crippen LogP contribution in [-0.2, 0) is 13.0 Å². The molecule has 9 heteroatoms. The third kappa shape index (κ3) is 4.04. The predicted octanol–water partition coefficient (Wildman–Crippen LogP) is 1.80. The van der Waals surface area contributed by atoms with Gasteiger partial charge in [0.15, 0.2) is 0 Å². The van der Waals surface area contributed by atoms with Crippen LogP contribution < -0.4 is 4.57 Å². The number of pyridine rings is 1. The fraction of sp³-hybridized carbons (Fsp3) is 0.300. The number of aryl methyl sites for hydroxylation is 2. The van der Waals surface area contributed by atoms with Crippen LogP contribution >= 0.6 is 0 Å². The van der Waals surface area contributed by atoms with Crippen molar-refractivity contribution in [2.24, 2.45) is 0 Å². The molecule has 0 unspecified atom stereocenters. The SMILES string of the molecule is F[B-](F)(F)F.c1ccc(-n2c[n+]3c(n2)CCC3)nc1. The second-order valence-electron chi connectivity index (χ2n) is 3.96. The number of halogens is 4. The van der Waals surface area contributed by atoms with Gasteiger partial charge in [-0.2, -0.15) is 0 Å².